The molecule has 8 nitrogen and oxygen atoms in total. The number of primary amides is 1. The number of hydrogen-bond acceptors (Lipinski definition) is 5. The van der Waals surface area contributed by atoms with E-state index in [1.54, 1.807) is 30.3 Å². The third-order valence-electron chi connectivity index (χ3n) is 5.15. The van der Waals surface area contributed by atoms with Crippen molar-refractivity contribution in [2.75, 3.05) is 13.1 Å². The maximum atomic E-state index is 12.8. The van der Waals surface area contributed by atoms with Gasteiger partial charge < -0.3 is 11.1 Å². The molecule has 3 N–H and O–H groups in total. The zero-order valence-electron chi connectivity index (χ0n) is 16.2. The van der Waals surface area contributed by atoms with Gasteiger partial charge in [-0.15, -0.1) is 0 Å². The van der Waals surface area contributed by atoms with E-state index in [2.05, 4.69) is 5.32 Å². The van der Waals surface area contributed by atoms with Crippen LogP contribution in [0, 0.1) is 17.2 Å². The van der Waals surface area contributed by atoms with Gasteiger partial charge in [0.2, 0.25) is 21.8 Å². The van der Waals surface area contributed by atoms with E-state index in [-0.39, 0.29) is 23.9 Å². The molecule has 9 heteroatoms. The maximum absolute atomic E-state index is 12.8. The van der Waals surface area contributed by atoms with E-state index in [0.717, 1.165) is 0 Å². The monoisotopic (exact) mass is 426 g/mol. The highest BCUT2D eigenvalue weighted by molar-refractivity contribution is 7.89. The lowest BCUT2D eigenvalue weighted by Crippen LogP contribution is -2.45. The quantitative estimate of drug-likeness (QED) is 0.718. The fraction of sp³-hybridized carbons (Fsp3) is 0.286. The normalized spacial score (nSPS) is 16.4. The molecule has 1 aliphatic rings. The molecule has 0 spiro atoms. The number of sulfonamides is 1. The molecule has 3 rings (SSSR count). The van der Waals surface area contributed by atoms with Crippen molar-refractivity contribution in [1.29, 1.82) is 5.26 Å². The van der Waals surface area contributed by atoms with Crippen LogP contribution in [-0.4, -0.2) is 37.6 Å². The number of nitrogens with two attached hydrogens (primary N) is 1. The van der Waals surface area contributed by atoms with Crippen molar-refractivity contribution >= 4 is 21.8 Å². The number of benzene rings is 2. The molecule has 2 aromatic rings. The van der Waals surface area contributed by atoms with Crippen LogP contribution in [0.5, 0.6) is 0 Å². The summed E-state index contributed by atoms with van der Waals surface area (Å²) in [5.74, 6) is -1.39. The van der Waals surface area contributed by atoms with Crippen LogP contribution in [0.15, 0.2) is 59.5 Å². The molecule has 1 unspecified atom stereocenters. The summed E-state index contributed by atoms with van der Waals surface area (Å²) in [5, 5.41) is 11.5. The van der Waals surface area contributed by atoms with Crippen molar-refractivity contribution < 1.29 is 18.0 Å². The molecule has 1 atom stereocenters. The summed E-state index contributed by atoms with van der Waals surface area (Å²) in [4.78, 5) is 24.6. The van der Waals surface area contributed by atoms with Gasteiger partial charge in [0, 0.05) is 19.0 Å². The van der Waals surface area contributed by atoms with Crippen LogP contribution in [0.3, 0.4) is 0 Å². The molecule has 0 saturated carbocycles. The van der Waals surface area contributed by atoms with Gasteiger partial charge in [0.05, 0.1) is 16.5 Å². The Bertz CT molecular complexity index is 1050. The molecule has 0 aromatic heterocycles. The Morgan fingerprint density at radius 1 is 1.07 bits per heavy atom. The van der Waals surface area contributed by atoms with Gasteiger partial charge in [0.25, 0.3) is 0 Å². The first kappa shape index (κ1) is 21.5. The number of rotatable bonds is 6. The number of carbonyl (C=O) groups is 2. The molecule has 0 bridgehead atoms. The Balaban J connectivity index is 1.63. The number of nitrogens with one attached hydrogen (secondary N) is 1. The summed E-state index contributed by atoms with van der Waals surface area (Å²) in [5.41, 5.74) is 6.43. The molecule has 1 aliphatic heterocycles. The predicted octanol–water partition coefficient (Wildman–Crippen LogP) is 1.30. The van der Waals surface area contributed by atoms with Gasteiger partial charge in [0.1, 0.15) is 6.04 Å². The molecule has 30 heavy (non-hydrogen) atoms. The van der Waals surface area contributed by atoms with Crippen molar-refractivity contribution in [3.8, 4) is 6.07 Å². The summed E-state index contributed by atoms with van der Waals surface area (Å²) in [6, 6.07) is 15.5. The van der Waals surface area contributed by atoms with Gasteiger partial charge in [-0.3, -0.25) is 9.59 Å². The minimum absolute atomic E-state index is 0.113. The molecule has 0 radical (unpaired) electrons. The van der Waals surface area contributed by atoms with Gasteiger partial charge in [-0.05, 0) is 42.7 Å². The summed E-state index contributed by atoms with van der Waals surface area (Å²) in [6.07, 6.45) is 0.670. The number of amides is 2. The lowest BCUT2D eigenvalue weighted by atomic mass is 9.96. The van der Waals surface area contributed by atoms with Gasteiger partial charge in [0.15, 0.2) is 0 Å². The van der Waals surface area contributed by atoms with E-state index in [4.69, 9.17) is 11.0 Å². The number of hydrogen-bond donors (Lipinski definition) is 2. The lowest BCUT2D eigenvalue weighted by Gasteiger charge is -2.31. The molecule has 2 aromatic carbocycles. The number of carbonyl (C=O) groups excluding carboxylic acids is 2. The minimum atomic E-state index is -3.70. The molecule has 1 fully saturated rings. The molecular formula is C21H22N4O4S. The third-order valence-corrected chi connectivity index (χ3v) is 7.06. The van der Waals surface area contributed by atoms with Crippen LogP contribution in [-0.2, 0) is 19.6 Å². The SMILES string of the molecule is N#Cc1ccc(S(=O)(=O)N2CCC(C(=O)NC(C(N)=O)c3ccccc3)CC2)cc1. The summed E-state index contributed by atoms with van der Waals surface area (Å²) in [7, 11) is -3.70. The Morgan fingerprint density at radius 3 is 2.20 bits per heavy atom. The first-order valence-corrected chi connectivity index (χ1v) is 10.9. The molecule has 2 amide bonds. The molecule has 1 saturated heterocycles. The average molecular weight is 426 g/mol. The van der Waals surface area contributed by atoms with E-state index < -0.39 is 27.9 Å². The summed E-state index contributed by atoms with van der Waals surface area (Å²) < 4.78 is 26.9. The predicted molar refractivity (Wildman–Crippen MR) is 109 cm³/mol. The van der Waals surface area contributed by atoms with E-state index in [1.165, 1.54) is 28.6 Å². The van der Waals surface area contributed by atoms with E-state index in [1.807, 2.05) is 6.07 Å². The van der Waals surface area contributed by atoms with Gasteiger partial charge in [-0.25, -0.2) is 8.42 Å². The Kier molecular flexibility index (Phi) is 6.50. The molecule has 1 heterocycles. The van der Waals surface area contributed by atoms with Crippen molar-refractivity contribution in [2.45, 2.75) is 23.8 Å². The Morgan fingerprint density at radius 2 is 1.67 bits per heavy atom. The molecule has 0 aliphatic carbocycles. The number of nitrogens with zero attached hydrogens (tertiary/aromatic N) is 2. The second-order valence-corrected chi connectivity index (χ2v) is 9.01. The second kappa shape index (κ2) is 9.07. The van der Waals surface area contributed by atoms with Gasteiger partial charge in [-0.2, -0.15) is 9.57 Å². The van der Waals surface area contributed by atoms with Crippen LogP contribution < -0.4 is 11.1 Å². The number of piperidine rings is 1. The number of nitriles is 1. The highest BCUT2D eigenvalue weighted by Gasteiger charge is 2.33. The Labute approximate surface area is 175 Å². The Hall–Kier alpha value is -3.22. The third kappa shape index (κ3) is 4.67. The van der Waals surface area contributed by atoms with E-state index in [9.17, 15) is 18.0 Å². The smallest absolute Gasteiger partial charge is 0.244 e. The molecule has 156 valence electrons. The van der Waals surface area contributed by atoms with E-state index >= 15 is 0 Å². The van der Waals surface area contributed by atoms with Crippen LogP contribution >= 0.6 is 0 Å². The first-order chi connectivity index (χ1) is 14.3. The van der Waals surface area contributed by atoms with Gasteiger partial charge >= 0.3 is 0 Å². The zero-order valence-corrected chi connectivity index (χ0v) is 17.0. The second-order valence-electron chi connectivity index (χ2n) is 7.07. The van der Waals surface area contributed by atoms with Crippen LogP contribution in [0.4, 0.5) is 0 Å². The van der Waals surface area contributed by atoms with Crippen LogP contribution in [0.2, 0.25) is 0 Å². The highest BCUT2D eigenvalue weighted by atomic mass is 32.2. The zero-order chi connectivity index (χ0) is 21.7. The minimum Gasteiger partial charge on any atom is -0.368 e. The van der Waals surface area contributed by atoms with Gasteiger partial charge in [-0.1, -0.05) is 30.3 Å². The molecular weight excluding hydrogens is 404 g/mol. The topological polar surface area (TPSA) is 133 Å². The fourth-order valence-corrected chi connectivity index (χ4v) is 4.90. The van der Waals surface area contributed by atoms with Crippen molar-refractivity contribution in [3.63, 3.8) is 0 Å². The van der Waals surface area contributed by atoms with Crippen LogP contribution in [0.25, 0.3) is 0 Å². The summed E-state index contributed by atoms with van der Waals surface area (Å²) in [6.45, 7) is 0.375. The average Bonchev–Trinajstić information content (AvgIpc) is 2.77. The summed E-state index contributed by atoms with van der Waals surface area (Å²) >= 11 is 0. The largest absolute Gasteiger partial charge is 0.368 e. The van der Waals surface area contributed by atoms with E-state index in [0.29, 0.717) is 24.0 Å². The lowest BCUT2D eigenvalue weighted by molar-refractivity contribution is -0.130. The highest BCUT2D eigenvalue weighted by Crippen LogP contribution is 2.25. The van der Waals surface area contributed by atoms with Crippen molar-refractivity contribution in [1.82, 2.24) is 9.62 Å². The standard InChI is InChI=1S/C21H22N4O4S/c22-14-15-6-8-18(9-7-15)30(28,29)25-12-10-17(11-13-25)21(27)24-19(20(23)26)16-4-2-1-3-5-16/h1-9,17,19H,10-13H2,(H2,23,26)(H,24,27). The maximum Gasteiger partial charge on any atom is 0.244 e. The first-order valence-electron chi connectivity index (χ1n) is 9.48. The van der Waals surface area contributed by atoms with Crippen molar-refractivity contribution in [3.05, 3.63) is 65.7 Å². The fourth-order valence-electron chi connectivity index (χ4n) is 3.43. The van der Waals surface area contributed by atoms with Crippen LogP contribution in [0.1, 0.15) is 30.0 Å². The van der Waals surface area contributed by atoms with Crippen molar-refractivity contribution in [2.24, 2.45) is 11.7 Å².